The van der Waals surface area contributed by atoms with E-state index in [9.17, 15) is 10.1 Å². The molecule has 3 heteroatoms. The number of nitrogens with zero attached hydrogens (tertiary/aromatic N) is 1. The summed E-state index contributed by atoms with van der Waals surface area (Å²) in [6.07, 6.45) is 2.45. The van der Waals surface area contributed by atoms with Crippen molar-refractivity contribution in [1.29, 1.82) is 5.26 Å². The molecule has 1 saturated carbocycles. The molecule has 0 radical (unpaired) electrons. The second-order valence-electron chi connectivity index (χ2n) is 4.24. The number of ketones is 1. The summed E-state index contributed by atoms with van der Waals surface area (Å²) in [7, 11) is 0. The first-order chi connectivity index (χ1) is 7.68. The summed E-state index contributed by atoms with van der Waals surface area (Å²) >= 11 is 6.05. The lowest BCUT2D eigenvalue weighted by Gasteiger charge is -2.19. The lowest BCUT2D eigenvalue weighted by Crippen LogP contribution is -2.26. The Morgan fingerprint density at radius 1 is 1.44 bits per heavy atom. The van der Waals surface area contributed by atoms with Gasteiger partial charge in [-0.15, -0.1) is 0 Å². The van der Waals surface area contributed by atoms with Crippen molar-refractivity contribution in [2.45, 2.75) is 25.7 Å². The van der Waals surface area contributed by atoms with Gasteiger partial charge in [0.25, 0.3) is 0 Å². The Morgan fingerprint density at radius 3 is 2.75 bits per heavy atom. The predicted octanol–water partition coefficient (Wildman–Crippen LogP) is 3.15. The zero-order valence-electron chi connectivity index (χ0n) is 8.87. The fourth-order valence-corrected chi connectivity index (χ4v) is 2.44. The third-order valence-corrected chi connectivity index (χ3v) is 3.57. The third kappa shape index (κ3) is 1.83. The van der Waals surface area contributed by atoms with Gasteiger partial charge in [0.1, 0.15) is 5.41 Å². The Labute approximate surface area is 99.8 Å². The van der Waals surface area contributed by atoms with Crippen LogP contribution in [0.25, 0.3) is 0 Å². The van der Waals surface area contributed by atoms with Gasteiger partial charge in [-0.2, -0.15) is 5.26 Å². The molecule has 1 fully saturated rings. The van der Waals surface area contributed by atoms with E-state index in [1.807, 2.05) is 18.2 Å². The fourth-order valence-electron chi connectivity index (χ4n) is 2.24. The smallest absolute Gasteiger partial charge is 0.153 e. The minimum atomic E-state index is -0.828. The van der Waals surface area contributed by atoms with Crippen molar-refractivity contribution in [2.75, 3.05) is 0 Å². The average molecular weight is 234 g/mol. The van der Waals surface area contributed by atoms with Crippen LogP contribution in [0.5, 0.6) is 0 Å². The van der Waals surface area contributed by atoms with Gasteiger partial charge in [-0.3, -0.25) is 4.79 Å². The number of carbonyl (C=O) groups excluding carboxylic acids is 1. The minimum Gasteiger partial charge on any atom is -0.298 e. The summed E-state index contributed by atoms with van der Waals surface area (Å²) in [6, 6.07) is 9.60. The summed E-state index contributed by atoms with van der Waals surface area (Å²) in [6.45, 7) is 0. The molecule has 1 atom stereocenters. The first-order valence-corrected chi connectivity index (χ1v) is 5.74. The van der Waals surface area contributed by atoms with Crippen molar-refractivity contribution in [2.24, 2.45) is 5.41 Å². The van der Waals surface area contributed by atoms with Gasteiger partial charge < -0.3 is 0 Å². The molecule has 82 valence electrons. The summed E-state index contributed by atoms with van der Waals surface area (Å²) in [5.41, 5.74) is 0.0614. The van der Waals surface area contributed by atoms with Crippen LogP contribution >= 0.6 is 11.6 Å². The number of carbonyl (C=O) groups is 1. The molecule has 1 aromatic rings. The molecule has 1 aromatic carbocycles. The highest BCUT2D eigenvalue weighted by molar-refractivity contribution is 6.31. The lowest BCUT2D eigenvalue weighted by atomic mass is 9.81. The number of Topliss-reactive ketones (excluding diaryl/α,β-unsaturated/α-hetero) is 1. The highest BCUT2D eigenvalue weighted by Crippen LogP contribution is 2.38. The van der Waals surface area contributed by atoms with E-state index in [0.717, 1.165) is 12.0 Å². The Balaban J connectivity index is 2.30. The second-order valence-corrected chi connectivity index (χ2v) is 4.65. The molecule has 0 aliphatic heterocycles. The predicted molar refractivity (Wildman–Crippen MR) is 62.1 cm³/mol. The van der Waals surface area contributed by atoms with E-state index in [1.54, 1.807) is 6.07 Å². The van der Waals surface area contributed by atoms with Gasteiger partial charge in [0.2, 0.25) is 0 Å². The molecular formula is C13H12ClNO. The van der Waals surface area contributed by atoms with Crippen molar-refractivity contribution in [1.82, 2.24) is 0 Å². The van der Waals surface area contributed by atoms with Crippen molar-refractivity contribution < 1.29 is 4.79 Å². The molecule has 0 bridgehead atoms. The zero-order chi connectivity index (χ0) is 11.6. The van der Waals surface area contributed by atoms with Crippen LogP contribution in [0.15, 0.2) is 24.3 Å². The van der Waals surface area contributed by atoms with Crippen molar-refractivity contribution in [3.63, 3.8) is 0 Å². The SMILES string of the molecule is N#CC1(Cc2ccccc2Cl)CCCC1=O. The number of rotatable bonds is 2. The summed E-state index contributed by atoms with van der Waals surface area (Å²) in [4.78, 5) is 11.8. The van der Waals surface area contributed by atoms with Crippen LogP contribution in [-0.4, -0.2) is 5.78 Å². The van der Waals surface area contributed by atoms with Crippen LogP contribution in [0.1, 0.15) is 24.8 Å². The number of nitriles is 1. The summed E-state index contributed by atoms with van der Waals surface area (Å²) in [5.74, 6) is 0.0647. The molecule has 2 rings (SSSR count). The Hall–Kier alpha value is -1.33. The van der Waals surface area contributed by atoms with Crippen LogP contribution in [0.2, 0.25) is 5.02 Å². The van der Waals surface area contributed by atoms with Gasteiger partial charge in [-0.05, 0) is 30.9 Å². The van der Waals surface area contributed by atoms with Crippen LogP contribution in [0, 0.1) is 16.7 Å². The van der Waals surface area contributed by atoms with E-state index in [0.29, 0.717) is 24.3 Å². The van der Waals surface area contributed by atoms with Crippen molar-refractivity contribution in [3.8, 4) is 6.07 Å². The quantitative estimate of drug-likeness (QED) is 0.787. The van der Waals surface area contributed by atoms with Gasteiger partial charge in [-0.25, -0.2) is 0 Å². The third-order valence-electron chi connectivity index (χ3n) is 3.21. The highest BCUT2D eigenvalue weighted by Gasteiger charge is 2.42. The number of halogens is 1. The van der Waals surface area contributed by atoms with Crippen LogP contribution in [0.3, 0.4) is 0 Å². The lowest BCUT2D eigenvalue weighted by molar-refractivity contribution is -0.123. The molecular weight excluding hydrogens is 222 g/mol. The standard InChI is InChI=1S/C13H12ClNO/c14-11-5-2-1-4-10(11)8-13(9-15)7-3-6-12(13)16/h1-2,4-5H,3,6-8H2. The Bertz CT molecular complexity index is 463. The van der Waals surface area contributed by atoms with Gasteiger partial charge in [-0.1, -0.05) is 29.8 Å². The minimum absolute atomic E-state index is 0.0647. The maximum atomic E-state index is 11.8. The molecule has 1 aliphatic carbocycles. The van der Waals surface area contributed by atoms with E-state index in [4.69, 9.17) is 11.6 Å². The van der Waals surface area contributed by atoms with E-state index in [2.05, 4.69) is 6.07 Å². The molecule has 1 aliphatic rings. The van der Waals surface area contributed by atoms with Gasteiger partial charge >= 0.3 is 0 Å². The van der Waals surface area contributed by atoms with Gasteiger partial charge in [0, 0.05) is 11.4 Å². The maximum absolute atomic E-state index is 11.8. The molecule has 0 amide bonds. The second kappa shape index (κ2) is 4.27. The molecule has 0 heterocycles. The Kier molecular flexibility index (Phi) is 2.98. The molecule has 0 spiro atoms. The first-order valence-electron chi connectivity index (χ1n) is 5.36. The van der Waals surface area contributed by atoms with E-state index in [1.165, 1.54) is 0 Å². The molecule has 16 heavy (non-hydrogen) atoms. The maximum Gasteiger partial charge on any atom is 0.153 e. The summed E-state index contributed by atoms with van der Waals surface area (Å²) in [5, 5.41) is 9.86. The van der Waals surface area contributed by atoms with Crippen LogP contribution in [0.4, 0.5) is 0 Å². The van der Waals surface area contributed by atoms with Crippen LogP contribution < -0.4 is 0 Å². The summed E-state index contributed by atoms with van der Waals surface area (Å²) < 4.78 is 0. The van der Waals surface area contributed by atoms with E-state index in [-0.39, 0.29) is 5.78 Å². The van der Waals surface area contributed by atoms with E-state index < -0.39 is 5.41 Å². The number of hydrogen-bond donors (Lipinski definition) is 0. The molecule has 0 N–H and O–H groups in total. The molecule has 1 unspecified atom stereocenters. The van der Waals surface area contributed by atoms with E-state index >= 15 is 0 Å². The normalized spacial score (nSPS) is 24.4. The fraction of sp³-hybridized carbons (Fsp3) is 0.385. The van der Waals surface area contributed by atoms with Gasteiger partial charge in [0.05, 0.1) is 6.07 Å². The highest BCUT2D eigenvalue weighted by atomic mass is 35.5. The van der Waals surface area contributed by atoms with Gasteiger partial charge in [0.15, 0.2) is 5.78 Å². The zero-order valence-corrected chi connectivity index (χ0v) is 9.63. The largest absolute Gasteiger partial charge is 0.298 e. The molecule has 0 saturated heterocycles. The van der Waals surface area contributed by atoms with Crippen molar-refractivity contribution >= 4 is 17.4 Å². The number of benzene rings is 1. The molecule has 2 nitrogen and oxygen atoms in total. The monoisotopic (exact) mass is 233 g/mol. The van der Waals surface area contributed by atoms with Crippen molar-refractivity contribution in [3.05, 3.63) is 34.9 Å². The average Bonchev–Trinajstić information content (AvgIpc) is 2.64. The van der Waals surface area contributed by atoms with Crippen LogP contribution in [-0.2, 0) is 11.2 Å². The molecule has 0 aromatic heterocycles. The first kappa shape index (κ1) is 11.2. The number of hydrogen-bond acceptors (Lipinski definition) is 2. The topological polar surface area (TPSA) is 40.9 Å². The Morgan fingerprint density at radius 2 is 2.19 bits per heavy atom.